The maximum atomic E-state index is 14.7. The van der Waals surface area contributed by atoms with E-state index in [9.17, 15) is 27.2 Å². The second-order valence-corrected chi connectivity index (χ2v) is 11.0. The molecule has 248 valence electrons. The summed E-state index contributed by atoms with van der Waals surface area (Å²) in [5, 5.41) is -0.486. The van der Waals surface area contributed by atoms with Gasteiger partial charge in [0.1, 0.15) is 12.4 Å². The van der Waals surface area contributed by atoms with Crippen LogP contribution >= 0.6 is 11.8 Å². The summed E-state index contributed by atoms with van der Waals surface area (Å²) in [6, 6.07) is 14.6. The van der Waals surface area contributed by atoms with Gasteiger partial charge in [0.05, 0.1) is 8.30 Å². The molecule has 3 aromatic carbocycles. The van der Waals surface area contributed by atoms with E-state index in [0.717, 1.165) is 38.1 Å². The molecule has 0 atom stereocenters. The lowest BCUT2D eigenvalue weighted by molar-refractivity contribution is -0.137. The van der Waals surface area contributed by atoms with Crippen molar-refractivity contribution in [2.45, 2.75) is 63.1 Å². The Bertz CT molecular complexity index is 2320. The lowest BCUT2D eigenvalue weighted by Gasteiger charge is -2.28. The van der Waals surface area contributed by atoms with Crippen LogP contribution in [0.3, 0.4) is 0 Å². The second-order valence-electron chi connectivity index (χ2n) is 10.1. The van der Waals surface area contributed by atoms with Gasteiger partial charge in [-0.25, -0.2) is 4.39 Å². The fourth-order valence-corrected chi connectivity index (χ4v) is 5.44. The van der Waals surface area contributed by atoms with E-state index in [-0.39, 0.29) is 21.1 Å². The normalized spacial score (nSPS) is 21.7. The van der Waals surface area contributed by atoms with E-state index in [2.05, 4.69) is 4.98 Å². The number of rotatable bonds is 13. The molecule has 1 aromatic heterocycles. The third kappa shape index (κ3) is 8.70. The molecule has 0 bridgehead atoms. The van der Waals surface area contributed by atoms with E-state index in [4.69, 9.17) is 19.2 Å². The Hall–Kier alpha value is -3.96. The highest BCUT2D eigenvalue weighted by atomic mass is 32.2. The molecule has 0 aliphatic heterocycles. The molecular weight excluding hydrogens is 628 g/mol. The molecule has 5 rings (SSSR count). The molecule has 6 nitrogen and oxygen atoms in total. The van der Waals surface area contributed by atoms with Crippen LogP contribution in [0.15, 0.2) is 82.7 Å². The van der Waals surface area contributed by atoms with Gasteiger partial charge in [-0.05, 0) is 78.6 Å². The number of likely N-dealkylation sites (N-methyl/N-ethyl adjacent to an activating group) is 1. The predicted octanol–water partition coefficient (Wildman–Crippen LogP) is 7.22. The number of benzene rings is 3. The number of hydrogen-bond acceptors (Lipinski definition) is 5. The number of alkyl halides is 3. The van der Waals surface area contributed by atoms with Crippen molar-refractivity contribution in [2.75, 3.05) is 26.0 Å². The summed E-state index contributed by atoms with van der Waals surface area (Å²) in [7, 11) is 0. The Labute approximate surface area is 296 Å². The molecular formula is C36H38F4N4O2S. The molecule has 1 heterocycles. The van der Waals surface area contributed by atoms with E-state index < -0.39 is 104 Å². The number of hydrogen-bond donors (Lipinski definition) is 0. The fourth-order valence-electron chi connectivity index (χ4n) is 4.50. The Morgan fingerprint density at radius 3 is 2.17 bits per heavy atom. The first-order chi connectivity index (χ1) is 27.7. The summed E-state index contributed by atoms with van der Waals surface area (Å²) >= 11 is 0.681. The molecule has 11 heteroatoms. The van der Waals surface area contributed by atoms with Gasteiger partial charge < -0.3 is 14.4 Å². The maximum Gasteiger partial charge on any atom is 0.416 e. The van der Waals surface area contributed by atoms with Gasteiger partial charge in [-0.1, -0.05) is 74.1 Å². The molecule has 47 heavy (non-hydrogen) atoms. The number of thioether (sulfide) groups is 1. The van der Waals surface area contributed by atoms with Crippen LogP contribution in [-0.4, -0.2) is 51.2 Å². The van der Waals surface area contributed by atoms with Crippen LogP contribution in [0.25, 0.3) is 11.1 Å². The second kappa shape index (κ2) is 15.3. The first-order valence-electron chi connectivity index (χ1n) is 21.1. The highest BCUT2D eigenvalue weighted by molar-refractivity contribution is 7.98. The zero-order valence-corrected chi connectivity index (χ0v) is 25.9. The first-order valence-corrected chi connectivity index (χ1v) is 15.1. The minimum Gasteiger partial charge on any atom is -0.336 e. The van der Waals surface area contributed by atoms with E-state index in [1.165, 1.54) is 48.5 Å². The van der Waals surface area contributed by atoms with Crippen molar-refractivity contribution in [1.29, 1.82) is 0 Å². The number of nitrogens with zero attached hydrogens (tertiary/aromatic N) is 4. The Morgan fingerprint density at radius 2 is 1.55 bits per heavy atom. The van der Waals surface area contributed by atoms with Crippen LogP contribution in [0.1, 0.15) is 67.4 Å². The summed E-state index contributed by atoms with van der Waals surface area (Å²) in [4.78, 5) is 32.3. The van der Waals surface area contributed by atoms with Crippen LogP contribution < -0.4 is 5.56 Å². The van der Waals surface area contributed by atoms with Crippen LogP contribution in [0, 0.1) is 5.82 Å². The van der Waals surface area contributed by atoms with E-state index in [1.54, 1.807) is 0 Å². The van der Waals surface area contributed by atoms with Crippen molar-refractivity contribution in [2.24, 2.45) is 0 Å². The zero-order valence-electron chi connectivity index (χ0n) is 39.1. The Morgan fingerprint density at radius 1 is 0.936 bits per heavy atom. The molecule has 1 aliphatic carbocycles. The van der Waals surface area contributed by atoms with E-state index in [0.29, 0.717) is 33.0 Å². The van der Waals surface area contributed by atoms with Gasteiger partial charge >= 0.3 is 6.18 Å². The largest absolute Gasteiger partial charge is 0.416 e. The summed E-state index contributed by atoms with van der Waals surface area (Å²) in [6.45, 7) is -13.9. The standard InChI is InChI=1S/C36H38F4N4O2S/c1-3-42(4-2)20-21-43(22-25-8-12-27(13-9-25)28-14-16-29(17-15-28)36(38,39)40)33(45)23-44-32-7-5-6-31(32)34(46)41-35(44)47-24-26-10-18-30(37)19-11-26/h8-19H,3-7,20-24H2,1-2H3/i3D2,4D2,5D2,6D2,7D2,20D2,21D2. The van der Waals surface area contributed by atoms with E-state index in [1.807, 2.05) is 0 Å². The third-order valence-corrected chi connectivity index (χ3v) is 8.02. The smallest absolute Gasteiger partial charge is 0.336 e. The first kappa shape index (κ1) is 20.4. The van der Waals surface area contributed by atoms with Gasteiger partial charge in [-0.15, -0.1) is 0 Å². The number of carbonyl (C=O) groups is 1. The molecule has 0 fully saturated rings. The van der Waals surface area contributed by atoms with Crippen molar-refractivity contribution < 1.29 is 41.5 Å². The quantitative estimate of drug-likeness (QED) is 0.0849. The SMILES string of the molecule is [2H]C([2H])(C)N(C([2H])([2H])C)C([2H])([2H])C([2H])([2H])N(Cc1ccc(-c2ccc(C(F)(F)F)cc2)cc1)C(=O)Cn1c(SCc2ccc(F)cc2)nc(=O)c2c1C([2H])([2H])C([2H])([2H])C2([2H])[2H]. The van der Waals surface area contributed by atoms with Crippen LogP contribution in [0.2, 0.25) is 0 Å². The molecule has 0 spiro atoms. The molecule has 0 saturated carbocycles. The molecule has 0 saturated heterocycles. The van der Waals surface area contributed by atoms with E-state index >= 15 is 0 Å². The lowest BCUT2D eigenvalue weighted by atomic mass is 10.0. The molecule has 1 amide bonds. The van der Waals surface area contributed by atoms with Gasteiger partial charge in [0.15, 0.2) is 5.16 Å². The zero-order chi connectivity index (χ0) is 46.1. The molecule has 1 aliphatic rings. The van der Waals surface area contributed by atoms with Crippen molar-refractivity contribution >= 4 is 17.7 Å². The highest BCUT2D eigenvalue weighted by Crippen LogP contribution is 2.31. The summed E-state index contributed by atoms with van der Waals surface area (Å²) < 4.78 is 174. The maximum absolute atomic E-state index is 14.7. The van der Waals surface area contributed by atoms with Gasteiger partial charge in [0.2, 0.25) is 5.91 Å². The average Bonchev–Trinajstić information content (AvgIpc) is 3.23. The van der Waals surface area contributed by atoms with Crippen molar-refractivity contribution in [3.63, 3.8) is 0 Å². The highest BCUT2D eigenvalue weighted by Gasteiger charge is 2.30. The number of aromatic nitrogens is 2. The third-order valence-electron chi connectivity index (χ3n) is 6.98. The molecule has 0 unspecified atom stereocenters. The number of carbonyl (C=O) groups excluding carboxylic acids is 1. The number of halogens is 4. The summed E-state index contributed by atoms with van der Waals surface area (Å²) in [6.07, 6.45) is -14.7. The fraction of sp³-hybridized carbons (Fsp3) is 0.361. The lowest BCUT2D eigenvalue weighted by Crippen LogP contribution is -2.40. The molecule has 0 N–H and O–H groups in total. The van der Waals surface area contributed by atoms with Crippen molar-refractivity contribution in [1.82, 2.24) is 19.4 Å². The van der Waals surface area contributed by atoms with Gasteiger partial charge in [-0.2, -0.15) is 18.2 Å². The average molecular weight is 681 g/mol. The number of fused-ring (bicyclic) bond motifs is 1. The summed E-state index contributed by atoms with van der Waals surface area (Å²) in [5.41, 5.74) is -3.11. The predicted molar refractivity (Wildman–Crippen MR) is 177 cm³/mol. The number of amides is 1. The Balaban J connectivity index is 1.67. The minimum atomic E-state index is -4.60. The van der Waals surface area contributed by atoms with Gasteiger partial charge in [0, 0.05) is 53.0 Å². The van der Waals surface area contributed by atoms with Gasteiger partial charge in [-0.3, -0.25) is 9.59 Å². The van der Waals surface area contributed by atoms with Crippen LogP contribution in [0.5, 0.6) is 0 Å². The monoisotopic (exact) mass is 680 g/mol. The molecule has 0 radical (unpaired) electrons. The molecule has 4 aromatic rings. The van der Waals surface area contributed by atoms with Crippen LogP contribution in [0.4, 0.5) is 17.6 Å². The topological polar surface area (TPSA) is 58.4 Å². The minimum absolute atomic E-state index is 0.0615. The van der Waals surface area contributed by atoms with Crippen LogP contribution in [-0.2, 0) is 42.6 Å². The van der Waals surface area contributed by atoms with Crippen molar-refractivity contribution in [3.05, 3.63) is 117 Å². The van der Waals surface area contributed by atoms with Gasteiger partial charge in [0.25, 0.3) is 5.56 Å². The summed E-state index contributed by atoms with van der Waals surface area (Å²) in [5.74, 6) is -2.14. The van der Waals surface area contributed by atoms with Crippen molar-refractivity contribution in [3.8, 4) is 11.1 Å². The Kier molecular flexibility index (Phi) is 6.64.